The van der Waals surface area contributed by atoms with Crippen molar-refractivity contribution in [2.45, 2.75) is 45.4 Å². The Kier molecular flexibility index (Phi) is 7.25. The van der Waals surface area contributed by atoms with Gasteiger partial charge in [-0.3, -0.25) is 4.55 Å². The van der Waals surface area contributed by atoms with Gasteiger partial charge in [0.2, 0.25) is 0 Å². The molecule has 1 aliphatic carbocycles. The van der Waals surface area contributed by atoms with Crippen molar-refractivity contribution >= 4 is 15.7 Å². The number of ether oxygens (including phenoxy) is 1. The van der Waals surface area contributed by atoms with Crippen LogP contribution in [0.4, 0.5) is 0 Å². The Morgan fingerprint density at radius 1 is 0.762 bits per heavy atom. The SMILES string of the molecule is Cc1cccc(C)c1Cc1ccc2c(c1)OC1=CC(Cc3c(C)cccc3C)C=CC1=C2c1ccccc1S(=O)(=O)O. The van der Waals surface area contributed by atoms with E-state index in [0.29, 0.717) is 17.1 Å². The minimum Gasteiger partial charge on any atom is -0.456 e. The van der Waals surface area contributed by atoms with Gasteiger partial charge >= 0.3 is 0 Å². The minimum atomic E-state index is -4.46. The average molecular weight is 575 g/mol. The summed E-state index contributed by atoms with van der Waals surface area (Å²) in [6, 6.07) is 25.5. The van der Waals surface area contributed by atoms with Gasteiger partial charge in [-0.15, -0.1) is 0 Å². The molecular formula is C37H34O4S. The Labute approximate surface area is 248 Å². The van der Waals surface area contributed by atoms with E-state index >= 15 is 0 Å². The van der Waals surface area contributed by atoms with Crippen molar-refractivity contribution in [3.05, 3.63) is 158 Å². The first-order valence-electron chi connectivity index (χ1n) is 14.2. The lowest BCUT2D eigenvalue weighted by Gasteiger charge is -2.29. The Bertz CT molecular complexity index is 1880. The van der Waals surface area contributed by atoms with Gasteiger partial charge in [-0.05, 0) is 97.7 Å². The molecule has 2 aliphatic rings. The van der Waals surface area contributed by atoms with Crippen LogP contribution in [0.15, 0.2) is 113 Å². The number of allylic oxidation sites excluding steroid dienone is 3. The number of fused-ring (bicyclic) bond motifs is 2. The van der Waals surface area contributed by atoms with Crippen molar-refractivity contribution in [2.24, 2.45) is 5.92 Å². The Balaban J connectivity index is 1.49. The number of hydrogen-bond donors (Lipinski definition) is 1. The van der Waals surface area contributed by atoms with Gasteiger partial charge in [-0.1, -0.05) is 78.9 Å². The molecular weight excluding hydrogens is 540 g/mol. The van der Waals surface area contributed by atoms with Gasteiger partial charge in [0, 0.05) is 28.2 Å². The third-order valence-corrected chi connectivity index (χ3v) is 9.40. The molecule has 6 rings (SSSR count). The van der Waals surface area contributed by atoms with Crippen LogP contribution >= 0.6 is 0 Å². The van der Waals surface area contributed by atoms with E-state index in [1.165, 1.54) is 39.4 Å². The lowest BCUT2D eigenvalue weighted by atomic mass is 9.83. The molecule has 1 N–H and O–H groups in total. The van der Waals surface area contributed by atoms with Crippen molar-refractivity contribution in [1.29, 1.82) is 0 Å². The molecule has 1 heterocycles. The minimum absolute atomic E-state index is 0.112. The summed E-state index contributed by atoms with van der Waals surface area (Å²) in [6.07, 6.45) is 7.93. The first-order valence-corrected chi connectivity index (χ1v) is 15.7. The molecule has 0 fully saturated rings. The molecule has 0 aromatic heterocycles. The van der Waals surface area contributed by atoms with E-state index in [1.807, 2.05) is 12.1 Å². The molecule has 0 saturated heterocycles. The molecule has 0 radical (unpaired) electrons. The van der Waals surface area contributed by atoms with Crippen LogP contribution in [0, 0.1) is 33.6 Å². The highest BCUT2D eigenvalue weighted by Gasteiger charge is 2.30. The predicted octanol–water partition coefficient (Wildman–Crippen LogP) is 8.26. The van der Waals surface area contributed by atoms with E-state index in [2.05, 4.69) is 88.4 Å². The van der Waals surface area contributed by atoms with E-state index in [1.54, 1.807) is 18.2 Å². The molecule has 4 aromatic carbocycles. The number of aryl methyl sites for hydroxylation is 4. The third kappa shape index (κ3) is 5.26. The molecule has 1 unspecified atom stereocenters. The molecule has 212 valence electrons. The second-order valence-corrected chi connectivity index (χ2v) is 12.8. The van der Waals surface area contributed by atoms with E-state index in [-0.39, 0.29) is 10.8 Å². The molecule has 0 saturated carbocycles. The smallest absolute Gasteiger partial charge is 0.295 e. The van der Waals surface area contributed by atoms with Crippen LogP contribution in [0.1, 0.15) is 50.1 Å². The highest BCUT2D eigenvalue weighted by molar-refractivity contribution is 7.86. The van der Waals surface area contributed by atoms with Gasteiger partial charge in [-0.2, -0.15) is 8.42 Å². The molecule has 0 amide bonds. The summed E-state index contributed by atoms with van der Waals surface area (Å²) in [7, 11) is -4.46. The zero-order valence-corrected chi connectivity index (χ0v) is 25.1. The maximum absolute atomic E-state index is 12.5. The lowest BCUT2D eigenvalue weighted by molar-refractivity contribution is 0.424. The van der Waals surface area contributed by atoms with E-state index in [0.717, 1.165) is 35.1 Å². The van der Waals surface area contributed by atoms with Gasteiger partial charge in [-0.25, -0.2) is 0 Å². The molecule has 0 bridgehead atoms. The molecule has 1 atom stereocenters. The predicted molar refractivity (Wildman–Crippen MR) is 168 cm³/mol. The van der Waals surface area contributed by atoms with Gasteiger partial charge < -0.3 is 4.74 Å². The van der Waals surface area contributed by atoms with Crippen LogP contribution in [-0.4, -0.2) is 13.0 Å². The van der Waals surface area contributed by atoms with Crippen LogP contribution in [0.25, 0.3) is 5.57 Å². The molecule has 42 heavy (non-hydrogen) atoms. The van der Waals surface area contributed by atoms with Crippen molar-refractivity contribution in [3.63, 3.8) is 0 Å². The Hall–Kier alpha value is -4.19. The zero-order chi connectivity index (χ0) is 29.6. The van der Waals surface area contributed by atoms with Gasteiger partial charge in [0.25, 0.3) is 10.1 Å². The van der Waals surface area contributed by atoms with Gasteiger partial charge in [0.05, 0.1) is 0 Å². The van der Waals surface area contributed by atoms with Crippen LogP contribution in [0.2, 0.25) is 0 Å². The number of benzene rings is 4. The van der Waals surface area contributed by atoms with E-state index in [4.69, 9.17) is 4.74 Å². The summed E-state index contributed by atoms with van der Waals surface area (Å²) in [5, 5.41) is 0. The molecule has 4 nitrogen and oxygen atoms in total. The van der Waals surface area contributed by atoms with Gasteiger partial charge in [0.15, 0.2) is 0 Å². The second kappa shape index (κ2) is 10.9. The summed E-state index contributed by atoms with van der Waals surface area (Å²) in [6.45, 7) is 8.55. The fourth-order valence-electron chi connectivity index (χ4n) is 6.22. The summed E-state index contributed by atoms with van der Waals surface area (Å²) in [5.74, 6) is 1.49. The standard InChI is InChI=1S/C37H34O4S/c1-23-9-7-10-24(2)32(23)19-27-15-17-29-34(21-27)41-35-22-28(20-33-25(3)11-8-12-26(33)4)16-18-30(35)37(29)31-13-5-6-14-36(31)42(38,39)40/h5-18,21-22,27H,19-20H2,1-4H3,(H,38,39,40). The van der Waals surface area contributed by atoms with E-state index in [9.17, 15) is 13.0 Å². The largest absolute Gasteiger partial charge is 0.456 e. The number of hydrogen-bond acceptors (Lipinski definition) is 3. The first-order chi connectivity index (χ1) is 20.1. The molecule has 0 spiro atoms. The molecule has 1 aliphatic heterocycles. The monoisotopic (exact) mass is 574 g/mol. The highest BCUT2D eigenvalue weighted by atomic mass is 32.2. The normalized spacial score (nSPS) is 16.0. The first kappa shape index (κ1) is 28.0. The van der Waals surface area contributed by atoms with Crippen molar-refractivity contribution < 1.29 is 17.7 Å². The quantitative estimate of drug-likeness (QED) is 0.236. The van der Waals surface area contributed by atoms with Crippen molar-refractivity contribution in [1.82, 2.24) is 0 Å². The maximum atomic E-state index is 12.5. The van der Waals surface area contributed by atoms with E-state index < -0.39 is 10.1 Å². The summed E-state index contributed by atoms with van der Waals surface area (Å²) >= 11 is 0. The maximum Gasteiger partial charge on any atom is 0.295 e. The zero-order valence-electron chi connectivity index (χ0n) is 24.3. The summed E-state index contributed by atoms with van der Waals surface area (Å²) < 4.78 is 41.7. The van der Waals surface area contributed by atoms with Crippen LogP contribution < -0.4 is 4.74 Å². The van der Waals surface area contributed by atoms with Crippen molar-refractivity contribution in [3.8, 4) is 5.75 Å². The van der Waals surface area contributed by atoms with Crippen LogP contribution in [-0.2, 0) is 23.0 Å². The Morgan fingerprint density at radius 2 is 1.40 bits per heavy atom. The Morgan fingerprint density at radius 3 is 2.07 bits per heavy atom. The topological polar surface area (TPSA) is 63.6 Å². The third-order valence-electron chi connectivity index (χ3n) is 8.49. The summed E-state index contributed by atoms with van der Waals surface area (Å²) in [4.78, 5) is -0.120. The van der Waals surface area contributed by atoms with Crippen LogP contribution in [0.5, 0.6) is 5.75 Å². The number of rotatable bonds is 6. The lowest BCUT2D eigenvalue weighted by Crippen LogP contribution is -2.16. The van der Waals surface area contributed by atoms with Crippen molar-refractivity contribution in [2.75, 3.05) is 0 Å². The fourth-order valence-corrected chi connectivity index (χ4v) is 6.92. The summed E-state index contributed by atoms with van der Waals surface area (Å²) in [5.41, 5.74) is 11.5. The second-order valence-electron chi connectivity index (χ2n) is 11.4. The fraction of sp³-hybridized carbons (Fsp3) is 0.189. The molecule has 5 heteroatoms. The van der Waals surface area contributed by atoms with Crippen LogP contribution in [0.3, 0.4) is 0 Å². The van der Waals surface area contributed by atoms with Gasteiger partial charge in [0.1, 0.15) is 16.4 Å². The average Bonchev–Trinajstić information content (AvgIpc) is 2.95. The highest BCUT2D eigenvalue weighted by Crippen LogP contribution is 2.46. The molecule has 4 aromatic rings.